The number of nitrogens with one attached hydrogen (secondary N) is 2. The lowest BCUT2D eigenvalue weighted by Crippen LogP contribution is -2.48. The van der Waals surface area contributed by atoms with Crippen molar-refractivity contribution in [3.8, 4) is 0 Å². The molecule has 2 aliphatic rings. The second-order valence-electron chi connectivity index (χ2n) is 9.09. The Labute approximate surface area is 188 Å². The Balaban J connectivity index is 1.25. The molecule has 1 aliphatic carbocycles. The molecule has 6 nitrogen and oxygen atoms in total. The Morgan fingerprint density at radius 1 is 1.00 bits per heavy atom. The molecule has 0 atom stereocenters. The first-order chi connectivity index (χ1) is 15.5. The summed E-state index contributed by atoms with van der Waals surface area (Å²) in [5.41, 5.74) is 5.98. The van der Waals surface area contributed by atoms with Crippen LogP contribution in [-0.4, -0.2) is 54.3 Å². The van der Waals surface area contributed by atoms with Crippen LogP contribution in [0.4, 0.5) is 11.4 Å². The second-order valence-corrected chi connectivity index (χ2v) is 9.09. The molecular formula is C26H30N4O2. The number of benzene rings is 2. The van der Waals surface area contributed by atoms with Crippen LogP contribution in [0.1, 0.15) is 34.5 Å². The number of ketones is 1. The Kier molecular flexibility index (Phi) is 5.47. The van der Waals surface area contributed by atoms with Crippen molar-refractivity contribution in [1.29, 1.82) is 0 Å². The molecule has 5 rings (SSSR count). The van der Waals surface area contributed by atoms with Crippen molar-refractivity contribution in [3.63, 3.8) is 0 Å². The summed E-state index contributed by atoms with van der Waals surface area (Å²) >= 11 is 0. The number of carbonyl (C=O) groups is 2. The molecule has 0 radical (unpaired) electrons. The van der Waals surface area contributed by atoms with Gasteiger partial charge >= 0.3 is 0 Å². The fourth-order valence-electron chi connectivity index (χ4n) is 4.61. The molecule has 0 bridgehead atoms. The highest BCUT2D eigenvalue weighted by molar-refractivity contribution is 6.14. The van der Waals surface area contributed by atoms with Gasteiger partial charge in [-0.15, -0.1) is 0 Å². The molecule has 2 N–H and O–H groups in total. The second kappa shape index (κ2) is 8.43. The number of amides is 1. The van der Waals surface area contributed by atoms with E-state index in [-0.39, 0.29) is 17.6 Å². The van der Waals surface area contributed by atoms with Crippen molar-refractivity contribution < 1.29 is 9.59 Å². The van der Waals surface area contributed by atoms with Gasteiger partial charge in [-0.3, -0.25) is 14.5 Å². The van der Waals surface area contributed by atoms with Gasteiger partial charge in [0.15, 0.2) is 5.78 Å². The fourth-order valence-corrected chi connectivity index (χ4v) is 4.61. The van der Waals surface area contributed by atoms with Gasteiger partial charge in [0.2, 0.25) is 5.91 Å². The molecule has 1 amide bonds. The van der Waals surface area contributed by atoms with Crippen molar-refractivity contribution >= 4 is 34.0 Å². The predicted octanol–water partition coefficient (Wildman–Crippen LogP) is 4.14. The summed E-state index contributed by atoms with van der Waals surface area (Å²) < 4.78 is 0. The lowest BCUT2D eigenvalue weighted by Gasteiger charge is -2.36. The van der Waals surface area contributed by atoms with Crippen LogP contribution < -0.4 is 10.2 Å². The number of piperazine rings is 1. The van der Waals surface area contributed by atoms with Gasteiger partial charge in [-0.1, -0.05) is 30.3 Å². The number of para-hydroxylation sites is 1. The molecule has 1 aliphatic heterocycles. The van der Waals surface area contributed by atoms with E-state index in [2.05, 4.69) is 52.1 Å². The SMILES string of the molecule is Cc1cccc(N2CCN(CC(=O)Nc3c(C(=O)C4CC4)[nH]c4ccccc34)CC2)c1C. The minimum Gasteiger partial charge on any atom is -0.369 e. The van der Waals surface area contributed by atoms with Crippen molar-refractivity contribution in [1.82, 2.24) is 9.88 Å². The monoisotopic (exact) mass is 430 g/mol. The first kappa shape index (κ1) is 20.8. The number of H-pyrrole nitrogens is 1. The molecule has 6 heteroatoms. The molecule has 1 saturated carbocycles. The minimum atomic E-state index is -0.0696. The van der Waals surface area contributed by atoms with Crippen LogP contribution in [0, 0.1) is 19.8 Å². The quantitative estimate of drug-likeness (QED) is 0.577. The van der Waals surface area contributed by atoms with Crippen LogP contribution in [0.15, 0.2) is 42.5 Å². The molecular weight excluding hydrogens is 400 g/mol. The summed E-state index contributed by atoms with van der Waals surface area (Å²) in [4.78, 5) is 33.6. The number of aromatic nitrogens is 1. The van der Waals surface area contributed by atoms with Gasteiger partial charge in [0.25, 0.3) is 0 Å². The largest absolute Gasteiger partial charge is 0.369 e. The Morgan fingerprint density at radius 2 is 1.75 bits per heavy atom. The lowest BCUT2D eigenvalue weighted by molar-refractivity contribution is -0.117. The molecule has 32 heavy (non-hydrogen) atoms. The first-order valence-corrected chi connectivity index (χ1v) is 11.5. The summed E-state index contributed by atoms with van der Waals surface area (Å²) in [6.45, 7) is 8.12. The molecule has 1 saturated heterocycles. The maximum atomic E-state index is 12.9. The predicted molar refractivity (Wildman–Crippen MR) is 129 cm³/mol. The van der Waals surface area contributed by atoms with Gasteiger partial charge in [0.1, 0.15) is 5.69 Å². The van der Waals surface area contributed by atoms with Crippen molar-refractivity contribution in [2.45, 2.75) is 26.7 Å². The molecule has 2 aromatic carbocycles. The number of fused-ring (bicyclic) bond motifs is 1. The van der Waals surface area contributed by atoms with Crippen LogP contribution in [0.2, 0.25) is 0 Å². The van der Waals surface area contributed by atoms with Crippen LogP contribution in [0.5, 0.6) is 0 Å². The Hall–Kier alpha value is -3.12. The third-order valence-electron chi connectivity index (χ3n) is 6.82. The zero-order valence-corrected chi connectivity index (χ0v) is 18.8. The number of carbonyl (C=O) groups excluding carboxylic acids is 2. The number of anilines is 2. The highest BCUT2D eigenvalue weighted by Gasteiger charge is 2.34. The third-order valence-corrected chi connectivity index (χ3v) is 6.82. The van der Waals surface area contributed by atoms with Crippen LogP contribution >= 0.6 is 0 Å². The Bertz CT molecular complexity index is 1170. The minimum absolute atomic E-state index is 0.0696. The van der Waals surface area contributed by atoms with Gasteiger partial charge < -0.3 is 15.2 Å². The number of hydrogen-bond donors (Lipinski definition) is 2. The van der Waals surface area contributed by atoms with Gasteiger partial charge in [0.05, 0.1) is 12.2 Å². The van der Waals surface area contributed by atoms with E-state index in [4.69, 9.17) is 0 Å². The average Bonchev–Trinajstić information content (AvgIpc) is 3.59. The van der Waals surface area contributed by atoms with Crippen molar-refractivity contribution in [3.05, 3.63) is 59.3 Å². The maximum Gasteiger partial charge on any atom is 0.238 e. The van der Waals surface area contributed by atoms with E-state index in [1.54, 1.807) is 0 Å². The highest BCUT2D eigenvalue weighted by atomic mass is 16.2. The number of aromatic amines is 1. The number of hydrogen-bond acceptors (Lipinski definition) is 4. The normalized spacial score (nSPS) is 17.0. The highest BCUT2D eigenvalue weighted by Crippen LogP contribution is 2.37. The standard InChI is InChI=1S/C26H30N4O2/c1-17-6-5-9-22(18(17)2)30-14-12-29(13-15-30)16-23(31)28-24-20-7-3-4-8-21(20)27-25(24)26(32)19-10-11-19/h3-9,19,27H,10-16H2,1-2H3,(H,28,31). The molecule has 166 valence electrons. The zero-order valence-electron chi connectivity index (χ0n) is 18.8. The number of nitrogens with zero attached hydrogens (tertiary/aromatic N) is 2. The van der Waals surface area contributed by atoms with E-state index in [0.29, 0.717) is 17.9 Å². The summed E-state index contributed by atoms with van der Waals surface area (Å²) in [6.07, 6.45) is 1.87. The molecule has 3 aromatic rings. The van der Waals surface area contributed by atoms with Crippen LogP contribution in [-0.2, 0) is 4.79 Å². The third kappa shape index (κ3) is 4.02. The fraction of sp³-hybridized carbons (Fsp3) is 0.385. The van der Waals surface area contributed by atoms with E-state index >= 15 is 0 Å². The van der Waals surface area contributed by atoms with Gasteiger partial charge in [-0.25, -0.2) is 0 Å². The van der Waals surface area contributed by atoms with Crippen molar-refractivity contribution in [2.24, 2.45) is 5.92 Å². The average molecular weight is 431 g/mol. The molecule has 0 unspecified atom stereocenters. The van der Waals surface area contributed by atoms with E-state index in [0.717, 1.165) is 49.9 Å². The summed E-state index contributed by atoms with van der Waals surface area (Å²) in [7, 11) is 0. The van der Waals surface area contributed by atoms with Crippen LogP contribution in [0.3, 0.4) is 0 Å². The number of rotatable bonds is 6. The van der Waals surface area contributed by atoms with Gasteiger partial charge in [-0.2, -0.15) is 0 Å². The summed E-state index contributed by atoms with van der Waals surface area (Å²) in [6, 6.07) is 14.2. The van der Waals surface area contributed by atoms with Crippen molar-refractivity contribution in [2.75, 3.05) is 42.9 Å². The topological polar surface area (TPSA) is 68.4 Å². The molecule has 2 fully saturated rings. The van der Waals surface area contributed by atoms with E-state index in [1.807, 2.05) is 24.3 Å². The van der Waals surface area contributed by atoms with Gasteiger partial charge in [0, 0.05) is 48.7 Å². The smallest absolute Gasteiger partial charge is 0.238 e. The molecule has 1 aromatic heterocycles. The van der Waals surface area contributed by atoms with Gasteiger partial charge in [-0.05, 0) is 49.9 Å². The number of Topliss-reactive ketones (excluding diaryl/α,β-unsaturated/α-hetero) is 1. The van der Waals surface area contributed by atoms with E-state index in [9.17, 15) is 9.59 Å². The Morgan fingerprint density at radius 3 is 2.50 bits per heavy atom. The lowest BCUT2D eigenvalue weighted by atomic mass is 10.1. The maximum absolute atomic E-state index is 12.9. The molecule has 0 spiro atoms. The molecule has 2 heterocycles. The first-order valence-electron chi connectivity index (χ1n) is 11.5. The summed E-state index contributed by atoms with van der Waals surface area (Å²) in [5, 5.41) is 3.95. The zero-order chi connectivity index (χ0) is 22.2. The van der Waals surface area contributed by atoms with E-state index in [1.165, 1.54) is 16.8 Å². The van der Waals surface area contributed by atoms with E-state index < -0.39 is 0 Å². The number of aryl methyl sites for hydroxylation is 1. The van der Waals surface area contributed by atoms with Crippen LogP contribution in [0.25, 0.3) is 10.9 Å². The summed E-state index contributed by atoms with van der Waals surface area (Å²) in [5.74, 6) is 0.135.